The summed E-state index contributed by atoms with van der Waals surface area (Å²) in [6, 6.07) is 10.6. The predicted molar refractivity (Wildman–Crippen MR) is 139 cm³/mol. The van der Waals surface area contributed by atoms with Crippen LogP contribution in [0.25, 0.3) is 6.08 Å². The quantitative estimate of drug-likeness (QED) is 0.662. The molecule has 3 aliphatic rings. The summed E-state index contributed by atoms with van der Waals surface area (Å²) in [7, 11) is -2.24. The fourth-order valence-corrected chi connectivity index (χ4v) is 11.7. The van der Waals surface area contributed by atoms with Crippen LogP contribution in [0.15, 0.2) is 29.3 Å². The molecule has 0 bridgehead atoms. The molecule has 2 aliphatic heterocycles. The van der Waals surface area contributed by atoms with Gasteiger partial charge >= 0.3 is 5.97 Å². The number of aliphatic carboxylic acids is 1. The molecule has 5 heteroatoms. The minimum atomic E-state index is -2.24. The SMILES string of the molecule is CC(C)[Si]1(CCCC(=O)O)c2cc3c(cc2N=c2cc4c(cc21)=CCCCC4)CCCCN3. The van der Waals surface area contributed by atoms with E-state index in [9.17, 15) is 9.90 Å². The van der Waals surface area contributed by atoms with Crippen LogP contribution in [-0.4, -0.2) is 25.7 Å². The molecule has 0 saturated heterocycles. The van der Waals surface area contributed by atoms with Crippen molar-refractivity contribution in [2.75, 3.05) is 11.9 Å². The highest BCUT2D eigenvalue weighted by molar-refractivity contribution is 7.04. The summed E-state index contributed by atoms with van der Waals surface area (Å²) in [6.07, 6.45) is 11.7. The number of hydrogen-bond donors (Lipinski definition) is 2. The average Bonchev–Trinajstić information content (AvgIpc) is 3.15. The zero-order valence-electron chi connectivity index (χ0n) is 20.0. The van der Waals surface area contributed by atoms with Crippen molar-refractivity contribution in [3.63, 3.8) is 0 Å². The largest absolute Gasteiger partial charge is 0.481 e. The molecule has 1 aliphatic carbocycles. The highest BCUT2D eigenvalue weighted by Crippen LogP contribution is 2.35. The van der Waals surface area contributed by atoms with Crippen molar-refractivity contribution >= 4 is 41.9 Å². The van der Waals surface area contributed by atoms with E-state index in [1.54, 1.807) is 0 Å². The van der Waals surface area contributed by atoms with Gasteiger partial charge in [0.1, 0.15) is 8.07 Å². The first-order valence-electron chi connectivity index (χ1n) is 12.8. The topological polar surface area (TPSA) is 61.7 Å². The van der Waals surface area contributed by atoms with Gasteiger partial charge in [-0.25, -0.2) is 4.99 Å². The molecule has 0 spiro atoms. The Labute approximate surface area is 197 Å². The van der Waals surface area contributed by atoms with Gasteiger partial charge in [-0.1, -0.05) is 26.0 Å². The maximum atomic E-state index is 11.4. The second-order valence-electron chi connectivity index (χ2n) is 10.4. The highest BCUT2D eigenvalue weighted by atomic mass is 28.3. The predicted octanol–water partition coefficient (Wildman–Crippen LogP) is 4.04. The fourth-order valence-electron chi connectivity index (χ4n) is 6.31. The lowest BCUT2D eigenvalue weighted by Gasteiger charge is -2.40. The van der Waals surface area contributed by atoms with Crippen molar-refractivity contribution < 1.29 is 9.90 Å². The molecule has 0 radical (unpaired) electrons. The van der Waals surface area contributed by atoms with Crippen LogP contribution in [-0.2, 0) is 17.6 Å². The standard InChI is InChI=1S/C28H36N2O2Si/c1-19(2)33(14-8-12-28(31)32)26-17-21-10-5-3-4-9-20(21)15-24(26)30-25-16-22-11-6-7-13-29-23(22)18-27(25)33/h10,15-19,29H,3-9,11-14H2,1-2H3,(H,31,32). The van der Waals surface area contributed by atoms with Crippen molar-refractivity contribution in [3.8, 4) is 0 Å². The Morgan fingerprint density at radius 3 is 2.70 bits per heavy atom. The summed E-state index contributed by atoms with van der Waals surface area (Å²) in [5, 5.41) is 18.5. The zero-order chi connectivity index (χ0) is 23.0. The Morgan fingerprint density at radius 1 is 1.06 bits per heavy atom. The van der Waals surface area contributed by atoms with Crippen molar-refractivity contribution in [2.24, 2.45) is 4.99 Å². The normalized spacial score (nSPS) is 21.2. The van der Waals surface area contributed by atoms with Crippen molar-refractivity contribution in [1.29, 1.82) is 0 Å². The van der Waals surface area contributed by atoms with Crippen LogP contribution in [0.2, 0.25) is 11.6 Å². The van der Waals surface area contributed by atoms with E-state index < -0.39 is 14.0 Å². The molecule has 5 rings (SSSR count). The van der Waals surface area contributed by atoms with Gasteiger partial charge in [0, 0.05) is 18.7 Å². The van der Waals surface area contributed by atoms with Gasteiger partial charge in [0.15, 0.2) is 0 Å². The van der Waals surface area contributed by atoms with Gasteiger partial charge in [-0.2, -0.15) is 0 Å². The lowest BCUT2D eigenvalue weighted by Crippen LogP contribution is -2.67. The molecule has 0 aromatic heterocycles. The molecule has 0 fully saturated rings. The van der Waals surface area contributed by atoms with E-state index >= 15 is 0 Å². The number of hydrogen-bond acceptors (Lipinski definition) is 3. The minimum absolute atomic E-state index is 0.240. The van der Waals surface area contributed by atoms with Gasteiger partial charge in [0.2, 0.25) is 0 Å². The molecule has 33 heavy (non-hydrogen) atoms. The Morgan fingerprint density at radius 2 is 1.88 bits per heavy atom. The lowest BCUT2D eigenvalue weighted by atomic mass is 10.1. The first-order valence-corrected chi connectivity index (χ1v) is 15.1. The van der Waals surface area contributed by atoms with Crippen LogP contribution in [0.3, 0.4) is 0 Å². The monoisotopic (exact) mass is 460 g/mol. The van der Waals surface area contributed by atoms with Crippen LogP contribution in [0.5, 0.6) is 0 Å². The van der Waals surface area contributed by atoms with E-state index in [0.29, 0.717) is 5.54 Å². The third-order valence-corrected chi connectivity index (χ3v) is 13.9. The van der Waals surface area contributed by atoms with E-state index in [-0.39, 0.29) is 6.42 Å². The number of aryl methyl sites for hydroxylation is 2. The molecule has 0 amide bonds. The summed E-state index contributed by atoms with van der Waals surface area (Å²) >= 11 is 0. The Balaban J connectivity index is 1.77. The van der Waals surface area contributed by atoms with E-state index in [0.717, 1.165) is 49.3 Å². The highest BCUT2D eigenvalue weighted by Gasteiger charge is 2.45. The Kier molecular flexibility index (Phi) is 6.17. The number of carboxylic acid groups (broad SMARTS) is 1. The van der Waals surface area contributed by atoms with E-state index in [4.69, 9.17) is 4.99 Å². The fraction of sp³-hybridized carbons (Fsp3) is 0.500. The van der Waals surface area contributed by atoms with Crippen molar-refractivity contribution in [3.05, 3.63) is 46.0 Å². The number of nitrogens with zero attached hydrogens (tertiary/aromatic N) is 1. The summed E-state index contributed by atoms with van der Waals surface area (Å²) < 4.78 is 0. The summed E-state index contributed by atoms with van der Waals surface area (Å²) in [5.41, 5.74) is 5.72. The second kappa shape index (κ2) is 9.09. The summed E-state index contributed by atoms with van der Waals surface area (Å²) in [6.45, 7) is 5.75. The molecule has 0 saturated carbocycles. The first-order chi connectivity index (χ1) is 16.0. The van der Waals surface area contributed by atoms with Crippen molar-refractivity contribution in [1.82, 2.24) is 0 Å². The molecule has 2 aromatic carbocycles. The molecule has 2 N–H and O–H groups in total. The molecule has 1 atom stereocenters. The number of anilines is 1. The minimum Gasteiger partial charge on any atom is -0.481 e. The summed E-state index contributed by atoms with van der Waals surface area (Å²) in [5.74, 6) is -0.692. The van der Waals surface area contributed by atoms with Gasteiger partial charge in [0.25, 0.3) is 0 Å². The number of nitrogens with one attached hydrogen (secondary N) is 1. The lowest BCUT2D eigenvalue weighted by molar-refractivity contribution is -0.137. The number of carbonyl (C=O) groups is 1. The number of rotatable bonds is 5. The molecule has 1 unspecified atom stereocenters. The molecule has 4 nitrogen and oxygen atoms in total. The maximum absolute atomic E-state index is 11.4. The number of carboxylic acids is 1. The van der Waals surface area contributed by atoms with Crippen LogP contribution < -0.4 is 26.3 Å². The van der Waals surface area contributed by atoms with Gasteiger partial charge in [-0.3, -0.25) is 4.79 Å². The Hall–Kier alpha value is -2.40. The molecule has 174 valence electrons. The second-order valence-corrected chi connectivity index (χ2v) is 15.1. The molecule has 2 heterocycles. The Bertz CT molecular complexity index is 1200. The summed E-state index contributed by atoms with van der Waals surface area (Å²) in [4.78, 5) is 16.7. The smallest absolute Gasteiger partial charge is 0.303 e. The molecular formula is C28H36N2O2Si. The van der Waals surface area contributed by atoms with Crippen LogP contribution in [0, 0.1) is 0 Å². The van der Waals surface area contributed by atoms with Gasteiger partial charge in [-0.05, 0) is 108 Å². The average molecular weight is 461 g/mol. The van der Waals surface area contributed by atoms with Crippen LogP contribution in [0.4, 0.5) is 11.4 Å². The van der Waals surface area contributed by atoms with Gasteiger partial charge in [-0.15, -0.1) is 0 Å². The number of fused-ring (bicyclic) bond motifs is 4. The third kappa shape index (κ3) is 4.05. The van der Waals surface area contributed by atoms with E-state index in [2.05, 4.69) is 49.5 Å². The van der Waals surface area contributed by atoms with Crippen LogP contribution >= 0.6 is 0 Å². The molecule has 2 aromatic rings. The third-order valence-electron chi connectivity index (χ3n) is 8.08. The maximum Gasteiger partial charge on any atom is 0.303 e. The van der Waals surface area contributed by atoms with E-state index in [1.807, 2.05) is 0 Å². The van der Waals surface area contributed by atoms with Crippen molar-refractivity contribution in [2.45, 2.75) is 83.2 Å². The van der Waals surface area contributed by atoms with E-state index in [1.165, 1.54) is 58.1 Å². The van der Waals surface area contributed by atoms with Gasteiger partial charge < -0.3 is 10.4 Å². The van der Waals surface area contributed by atoms with Crippen LogP contribution in [0.1, 0.15) is 69.9 Å². The molecular weight excluding hydrogens is 424 g/mol. The number of benzene rings is 2. The zero-order valence-corrected chi connectivity index (χ0v) is 21.0. The van der Waals surface area contributed by atoms with Gasteiger partial charge in [0.05, 0.1) is 11.0 Å². The first kappa shape index (κ1) is 22.4.